The Labute approximate surface area is 167 Å². The summed E-state index contributed by atoms with van der Waals surface area (Å²) < 4.78 is 12.9. The van der Waals surface area contributed by atoms with Gasteiger partial charge >= 0.3 is 5.91 Å². The lowest BCUT2D eigenvalue weighted by atomic mass is 10.2. The summed E-state index contributed by atoms with van der Waals surface area (Å²) in [7, 11) is 0. The Hall–Kier alpha value is -2.12. The summed E-state index contributed by atoms with van der Waals surface area (Å²) >= 11 is 6.86. The topological polar surface area (TPSA) is 63.8 Å². The predicted octanol–water partition coefficient (Wildman–Crippen LogP) is 5.51. The molecule has 0 atom stereocenters. The summed E-state index contributed by atoms with van der Waals surface area (Å²) in [4.78, 5) is 12.2. The smallest absolute Gasteiger partial charge is 0.307 e. The van der Waals surface area contributed by atoms with Gasteiger partial charge in [-0.05, 0) is 77.8 Å². The first kappa shape index (κ1) is 18.7. The van der Waals surface area contributed by atoms with Crippen molar-refractivity contribution in [3.05, 3.63) is 62.7 Å². The number of amides is 1. The molecule has 0 aliphatic heterocycles. The quantitative estimate of drug-likeness (QED) is 0.387. The third-order valence-electron chi connectivity index (χ3n) is 3.40. The molecule has 0 radical (unpaired) electrons. The largest absolute Gasteiger partial charge is 0.490 e. The SMILES string of the molecule is CC(C)Oc1ccc(/C=N/NC(=O)c2cc3cc(Br)ccc3o2)cc1Br. The van der Waals surface area contributed by atoms with Gasteiger partial charge in [-0.25, -0.2) is 5.43 Å². The molecule has 1 aromatic heterocycles. The molecular formula is C19H16Br2N2O3. The zero-order valence-corrected chi connectivity index (χ0v) is 17.3. The maximum Gasteiger partial charge on any atom is 0.307 e. The van der Waals surface area contributed by atoms with Crippen molar-refractivity contribution in [3.8, 4) is 5.75 Å². The molecule has 0 aliphatic carbocycles. The van der Waals surface area contributed by atoms with E-state index in [9.17, 15) is 4.79 Å². The third-order valence-corrected chi connectivity index (χ3v) is 4.51. The number of hydrazone groups is 1. The average Bonchev–Trinajstić information content (AvgIpc) is 3.00. The number of hydrogen-bond acceptors (Lipinski definition) is 4. The van der Waals surface area contributed by atoms with Crippen molar-refractivity contribution in [1.82, 2.24) is 5.43 Å². The maximum absolute atomic E-state index is 12.2. The van der Waals surface area contributed by atoms with E-state index in [0.717, 1.165) is 25.6 Å². The van der Waals surface area contributed by atoms with Crippen LogP contribution in [0.25, 0.3) is 11.0 Å². The minimum absolute atomic E-state index is 0.0922. The van der Waals surface area contributed by atoms with Gasteiger partial charge < -0.3 is 9.15 Å². The van der Waals surface area contributed by atoms with Crippen molar-refractivity contribution in [2.45, 2.75) is 20.0 Å². The first-order valence-corrected chi connectivity index (χ1v) is 9.49. The van der Waals surface area contributed by atoms with Crippen LogP contribution in [-0.4, -0.2) is 18.2 Å². The van der Waals surface area contributed by atoms with Gasteiger partial charge in [-0.1, -0.05) is 15.9 Å². The number of nitrogens with one attached hydrogen (secondary N) is 1. The van der Waals surface area contributed by atoms with Crippen molar-refractivity contribution in [2.24, 2.45) is 5.10 Å². The lowest BCUT2D eigenvalue weighted by molar-refractivity contribution is 0.0929. The van der Waals surface area contributed by atoms with Gasteiger partial charge in [0.15, 0.2) is 5.76 Å². The van der Waals surface area contributed by atoms with Crippen LogP contribution in [0.2, 0.25) is 0 Å². The van der Waals surface area contributed by atoms with E-state index in [-0.39, 0.29) is 11.9 Å². The van der Waals surface area contributed by atoms with Crippen LogP contribution in [0.1, 0.15) is 30.0 Å². The fourth-order valence-corrected chi connectivity index (χ4v) is 3.16. The molecule has 0 aliphatic rings. The van der Waals surface area contributed by atoms with Crippen molar-refractivity contribution >= 4 is 55.0 Å². The van der Waals surface area contributed by atoms with E-state index in [0.29, 0.717) is 5.58 Å². The molecule has 3 aromatic rings. The zero-order chi connectivity index (χ0) is 18.7. The van der Waals surface area contributed by atoms with Gasteiger partial charge in [0.25, 0.3) is 0 Å². The highest BCUT2D eigenvalue weighted by atomic mass is 79.9. The van der Waals surface area contributed by atoms with E-state index in [4.69, 9.17) is 9.15 Å². The van der Waals surface area contributed by atoms with E-state index in [2.05, 4.69) is 42.4 Å². The molecule has 1 amide bonds. The Kier molecular flexibility index (Phi) is 5.78. The molecule has 0 fully saturated rings. The molecule has 0 spiro atoms. The minimum atomic E-state index is -0.410. The Bertz CT molecular complexity index is 980. The standard InChI is InChI=1S/C19H16Br2N2O3/c1-11(2)25-17-5-3-12(7-15(17)21)10-22-23-19(24)18-9-13-8-14(20)4-6-16(13)26-18/h3-11H,1-2H3,(H,23,24)/b22-10+. The molecule has 0 saturated heterocycles. The summed E-state index contributed by atoms with van der Waals surface area (Å²) in [5.41, 5.74) is 3.93. The van der Waals surface area contributed by atoms with Crippen LogP contribution in [0.15, 0.2) is 60.9 Å². The van der Waals surface area contributed by atoms with Gasteiger partial charge in [0.2, 0.25) is 0 Å². The molecular weight excluding hydrogens is 464 g/mol. The first-order valence-electron chi connectivity index (χ1n) is 7.91. The van der Waals surface area contributed by atoms with Crippen molar-refractivity contribution in [2.75, 3.05) is 0 Å². The second kappa shape index (κ2) is 8.05. The van der Waals surface area contributed by atoms with Crippen LogP contribution in [0, 0.1) is 0 Å². The summed E-state index contributed by atoms with van der Waals surface area (Å²) in [6, 6.07) is 12.8. The fourth-order valence-electron chi connectivity index (χ4n) is 2.29. The molecule has 134 valence electrons. The molecule has 1 N–H and O–H groups in total. The monoisotopic (exact) mass is 478 g/mol. The summed E-state index contributed by atoms with van der Waals surface area (Å²) in [6.45, 7) is 3.93. The molecule has 0 saturated carbocycles. The van der Waals surface area contributed by atoms with E-state index in [1.165, 1.54) is 0 Å². The van der Waals surface area contributed by atoms with E-state index >= 15 is 0 Å². The van der Waals surface area contributed by atoms with Gasteiger partial charge in [-0.2, -0.15) is 5.10 Å². The van der Waals surface area contributed by atoms with Gasteiger partial charge in [-0.3, -0.25) is 4.79 Å². The Balaban J connectivity index is 1.67. The lowest BCUT2D eigenvalue weighted by Gasteiger charge is -2.11. The molecule has 2 aromatic carbocycles. The number of rotatable bonds is 5. The number of carbonyl (C=O) groups is 1. The minimum Gasteiger partial charge on any atom is -0.490 e. The van der Waals surface area contributed by atoms with Gasteiger partial charge in [-0.15, -0.1) is 0 Å². The lowest BCUT2D eigenvalue weighted by Crippen LogP contribution is -2.16. The van der Waals surface area contributed by atoms with Crippen LogP contribution >= 0.6 is 31.9 Å². The number of carbonyl (C=O) groups excluding carboxylic acids is 1. The molecule has 0 unspecified atom stereocenters. The molecule has 0 bridgehead atoms. The van der Waals surface area contributed by atoms with Crippen LogP contribution < -0.4 is 10.2 Å². The van der Waals surface area contributed by atoms with Crippen molar-refractivity contribution in [1.29, 1.82) is 0 Å². The van der Waals surface area contributed by atoms with Crippen LogP contribution in [-0.2, 0) is 0 Å². The number of furan rings is 1. The summed E-state index contributed by atoms with van der Waals surface area (Å²) in [6.07, 6.45) is 1.65. The molecule has 1 heterocycles. The van der Waals surface area contributed by atoms with E-state index in [1.54, 1.807) is 18.3 Å². The Morgan fingerprint density at radius 3 is 2.73 bits per heavy atom. The normalized spacial score (nSPS) is 11.4. The molecule has 7 heteroatoms. The molecule has 3 rings (SSSR count). The summed E-state index contributed by atoms with van der Waals surface area (Å²) in [5, 5.41) is 4.83. The predicted molar refractivity (Wildman–Crippen MR) is 109 cm³/mol. The van der Waals surface area contributed by atoms with Gasteiger partial charge in [0, 0.05) is 9.86 Å². The molecule has 5 nitrogen and oxygen atoms in total. The van der Waals surface area contributed by atoms with Gasteiger partial charge in [0.1, 0.15) is 11.3 Å². The summed E-state index contributed by atoms with van der Waals surface area (Å²) in [5.74, 6) is 0.555. The number of ether oxygens (including phenoxy) is 1. The average molecular weight is 480 g/mol. The number of benzene rings is 2. The van der Waals surface area contributed by atoms with Crippen LogP contribution in [0.3, 0.4) is 0 Å². The molecule has 26 heavy (non-hydrogen) atoms. The third kappa shape index (κ3) is 4.53. The highest BCUT2D eigenvalue weighted by Crippen LogP contribution is 2.26. The second-order valence-corrected chi connectivity index (χ2v) is 7.62. The van der Waals surface area contributed by atoms with Crippen molar-refractivity contribution < 1.29 is 13.9 Å². The Morgan fingerprint density at radius 1 is 1.19 bits per heavy atom. The van der Waals surface area contributed by atoms with E-state index in [1.807, 2.05) is 44.2 Å². The van der Waals surface area contributed by atoms with Crippen molar-refractivity contribution in [3.63, 3.8) is 0 Å². The first-order chi connectivity index (χ1) is 12.4. The van der Waals surface area contributed by atoms with Crippen LogP contribution in [0.4, 0.5) is 0 Å². The highest BCUT2D eigenvalue weighted by molar-refractivity contribution is 9.10. The number of hydrogen-bond donors (Lipinski definition) is 1. The second-order valence-electron chi connectivity index (χ2n) is 5.85. The van der Waals surface area contributed by atoms with Crippen LogP contribution in [0.5, 0.6) is 5.75 Å². The Morgan fingerprint density at radius 2 is 2.00 bits per heavy atom. The number of fused-ring (bicyclic) bond motifs is 1. The fraction of sp³-hybridized carbons (Fsp3) is 0.158. The zero-order valence-electron chi connectivity index (χ0n) is 14.1. The van der Waals surface area contributed by atoms with E-state index < -0.39 is 5.91 Å². The number of nitrogens with zero attached hydrogens (tertiary/aromatic N) is 1. The van der Waals surface area contributed by atoms with Gasteiger partial charge in [0.05, 0.1) is 16.8 Å². The highest BCUT2D eigenvalue weighted by Gasteiger charge is 2.11. The number of halogens is 2. The maximum atomic E-state index is 12.2.